The van der Waals surface area contributed by atoms with E-state index >= 15 is 0 Å². The minimum Gasteiger partial charge on any atom is -0.380 e. The molecule has 1 N–H and O–H groups in total. The highest BCUT2D eigenvalue weighted by atomic mass is 16.5. The van der Waals surface area contributed by atoms with Crippen molar-refractivity contribution in [3.05, 3.63) is 0 Å². The van der Waals surface area contributed by atoms with E-state index in [1.165, 1.54) is 12.8 Å². The molecule has 1 aliphatic heterocycles. The average Bonchev–Trinajstić information content (AvgIpc) is 3.13. The monoisotopic (exact) mass is 226 g/mol. The molecule has 0 aromatic carbocycles. The Morgan fingerprint density at radius 1 is 1.44 bits per heavy atom. The van der Waals surface area contributed by atoms with Crippen LogP contribution in [0.4, 0.5) is 0 Å². The lowest BCUT2D eigenvalue weighted by Crippen LogP contribution is -2.45. The standard InChI is InChI=1S/C12H22N2O2/c1-2-14(11-5-6-11)12(15)8-13-10-4-3-7-16-9-10/h10-11,13H,2-9H2,1H3. The fourth-order valence-electron chi connectivity index (χ4n) is 2.26. The summed E-state index contributed by atoms with van der Waals surface area (Å²) in [5.74, 6) is 0.246. The van der Waals surface area contributed by atoms with Crippen molar-refractivity contribution in [3.8, 4) is 0 Å². The first-order valence-electron chi connectivity index (χ1n) is 6.42. The Balaban J connectivity index is 1.69. The molecule has 0 aromatic rings. The molecular formula is C12H22N2O2. The molecule has 1 saturated carbocycles. The van der Waals surface area contributed by atoms with E-state index in [0.29, 0.717) is 18.6 Å². The largest absolute Gasteiger partial charge is 0.380 e. The molecule has 1 heterocycles. The second-order valence-electron chi connectivity index (χ2n) is 4.71. The molecular weight excluding hydrogens is 204 g/mol. The second-order valence-corrected chi connectivity index (χ2v) is 4.71. The highest BCUT2D eigenvalue weighted by Gasteiger charge is 2.31. The summed E-state index contributed by atoms with van der Waals surface area (Å²) in [7, 11) is 0. The molecule has 1 atom stereocenters. The van der Waals surface area contributed by atoms with Gasteiger partial charge in [-0.2, -0.15) is 0 Å². The molecule has 1 unspecified atom stereocenters. The number of carbonyl (C=O) groups excluding carboxylic acids is 1. The molecule has 2 aliphatic rings. The van der Waals surface area contributed by atoms with Gasteiger partial charge in [0.1, 0.15) is 0 Å². The number of nitrogens with zero attached hydrogens (tertiary/aromatic N) is 1. The normalized spacial score (nSPS) is 25.4. The maximum absolute atomic E-state index is 11.9. The summed E-state index contributed by atoms with van der Waals surface area (Å²) in [5, 5.41) is 3.30. The third-order valence-corrected chi connectivity index (χ3v) is 3.35. The molecule has 0 bridgehead atoms. The summed E-state index contributed by atoms with van der Waals surface area (Å²) in [5.41, 5.74) is 0. The SMILES string of the molecule is CCN(C(=O)CNC1CCCOC1)C1CC1. The van der Waals surface area contributed by atoms with E-state index in [0.717, 1.165) is 32.6 Å². The lowest BCUT2D eigenvalue weighted by atomic mass is 10.1. The predicted molar refractivity (Wildman–Crippen MR) is 62.3 cm³/mol. The number of hydrogen-bond donors (Lipinski definition) is 1. The van der Waals surface area contributed by atoms with Gasteiger partial charge in [-0.3, -0.25) is 4.79 Å². The zero-order chi connectivity index (χ0) is 11.4. The molecule has 4 heteroatoms. The summed E-state index contributed by atoms with van der Waals surface area (Å²) in [4.78, 5) is 13.9. The molecule has 16 heavy (non-hydrogen) atoms. The second kappa shape index (κ2) is 5.64. The lowest BCUT2D eigenvalue weighted by molar-refractivity contribution is -0.130. The molecule has 1 amide bonds. The minimum atomic E-state index is 0.246. The van der Waals surface area contributed by atoms with Crippen LogP contribution in [0.5, 0.6) is 0 Å². The Hall–Kier alpha value is -0.610. The van der Waals surface area contributed by atoms with Crippen molar-refractivity contribution >= 4 is 5.91 Å². The first-order chi connectivity index (χ1) is 7.81. The van der Waals surface area contributed by atoms with Crippen molar-refractivity contribution in [1.82, 2.24) is 10.2 Å². The van der Waals surface area contributed by atoms with Gasteiger partial charge in [-0.1, -0.05) is 0 Å². The van der Waals surface area contributed by atoms with Crippen LogP contribution >= 0.6 is 0 Å². The topological polar surface area (TPSA) is 41.6 Å². The first-order valence-corrected chi connectivity index (χ1v) is 6.42. The van der Waals surface area contributed by atoms with Gasteiger partial charge in [-0.15, -0.1) is 0 Å². The summed E-state index contributed by atoms with van der Waals surface area (Å²) < 4.78 is 5.37. The van der Waals surface area contributed by atoms with Gasteiger partial charge in [-0.25, -0.2) is 0 Å². The molecule has 1 saturated heterocycles. The Bertz CT molecular complexity index is 235. The maximum atomic E-state index is 11.9. The fourth-order valence-corrected chi connectivity index (χ4v) is 2.26. The molecule has 0 aromatic heterocycles. The molecule has 0 radical (unpaired) electrons. The highest BCUT2D eigenvalue weighted by molar-refractivity contribution is 5.78. The van der Waals surface area contributed by atoms with Crippen LogP contribution in [-0.2, 0) is 9.53 Å². The van der Waals surface area contributed by atoms with Crippen LogP contribution in [0.3, 0.4) is 0 Å². The Kier molecular flexibility index (Phi) is 4.18. The average molecular weight is 226 g/mol. The van der Waals surface area contributed by atoms with Crippen LogP contribution in [0.2, 0.25) is 0 Å². The summed E-state index contributed by atoms with van der Waals surface area (Å²) in [6, 6.07) is 0.900. The molecule has 92 valence electrons. The van der Waals surface area contributed by atoms with E-state index in [1.807, 2.05) is 4.90 Å². The van der Waals surface area contributed by atoms with E-state index in [2.05, 4.69) is 12.2 Å². The van der Waals surface area contributed by atoms with Crippen LogP contribution in [0.25, 0.3) is 0 Å². The molecule has 2 rings (SSSR count). The Morgan fingerprint density at radius 2 is 2.25 bits per heavy atom. The highest BCUT2D eigenvalue weighted by Crippen LogP contribution is 2.26. The number of amides is 1. The van der Waals surface area contributed by atoms with Crippen molar-refractivity contribution in [2.75, 3.05) is 26.3 Å². The molecule has 4 nitrogen and oxygen atoms in total. The van der Waals surface area contributed by atoms with Crippen molar-refractivity contribution in [3.63, 3.8) is 0 Å². The van der Waals surface area contributed by atoms with Gasteiger partial charge in [0.25, 0.3) is 0 Å². The third kappa shape index (κ3) is 3.19. The van der Waals surface area contributed by atoms with Gasteiger partial charge in [0.15, 0.2) is 0 Å². The van der Waals surface area contributed by atoms with Crippen molar-refractivity contribution in [2.45, 2.75) is 44.7 Å². The molecule has 0 spiro atoms. The number of likely N-dealkylation sites (N-methyl/N-ethyl adjacent to an activating group) is 1. The van der Waals surface area contributed by atoms with E-state index in [1.54, 1.807) is 0 Å². The van der Waals surface area contributed by atoms with Gasteiger partial charge in [-0.05, 0) is 32.6 Å². The predicted octanol–water partition coefficient (Wildman–Crippen LogP) is 0.766. The first kappa shape index (κ1) is 11.9. The van der Waals surface area contributed by atoms with E-state index < -0.39 is 0 Å². The zero-order valence-corrected chi connectivity index (χ0v) is 10.1. The van der Waals surface area contributed by atoms with Gasteiger partial charge in [0.05, 0.1) is 13.2 Å². The summed E-state index contributed by atoms with van der Waals surface area (Å²) in [6.07, 6.45) is 4.60. The number of carbonyl (C=O) groups is 1. The van der Waals surface area contributed by atoms with Gasteiger partial charge >= 0.3 is 0 Å². The van der Waals surface area contributed by atoms with E-state index in [4.69, 9.17) is 4.74 Å². The quantitative estimate of drug-likeness (QED) is 0.752. The van der Waals surface area contributed by atoms with Crippen LogP contribution in [0, 0.1) is 0 Å². The fraction of sp³-hybridized carbons (Fsp3) is 0.917. The Labute approximate surface area is 97.3 Å². The number of hydrogen-bond acceptors (Lipinski definition) is 3. The maximum Gasteiger partial charge on any atom is 0.236 e. The van der Waals surface area contributed by atoms with Crippen molar-refractivity contribution < 1.29 is 9.53 Å². The Morgan fingerprint density at radius 3 is 2.81 bits per heavy atom. The van der Waals surface area contributed by atoms with Crippen molar-refractivity contribution in [2.24, 2.45) is 0 Å². The summed E-state index contributed by atoms with van der Waals surface area (Å²) >= 11 is 0. The summed E-state index contributed by atoms with van der Waals surface area (Å²) in [6.45, 7) is 4.99. The van der Waals surface area contributed by atoms with Gasteiger partial charge < -0.3 is 15.0 Å². The molecule has 2 fully saturated rings. The number of ether oxygens (including phenoxy) is 1. The van der Waals surface area contributed by atoms with E-state index in [9.17, 15) is 4.79 Å². The smallest absolute Gasteiger partial charge is 0.236 e. The number of nitrogens with one attached hydrogen (secondary N) is 1. The van der Waals surface area contributed by atoms with Crippen LogP contribution in [0.15, 0.2) is 0 Å². The van der Waals surface area contributed by atoms with Crippen LogP contribution in [-0.4, -0.2) is 49.2 Å². The zero-order valence-electron chi connectivity index (χ0n) is 10.1. The lowest BCUT2D eigenvalue weighted by Gasteiger charge is -2.25. The van der Waals surface area contributed by atoms with Crippen molar-refractivity contribution in [1.29, 1.82) is 0 Å². The minimum absolute atomic E-state index is 0.246. The third-order valence-electron chi connectivity index (χ3n) is 3.35. The number of rotatable bonds is 5. The van der Waals surface area contributed by atoms with Gasteiger partial charge in [0, 0.05) is 25.2 Å². The van der Waals surface area contributed by atoms with Crippen LogP contribution in [0.1, 0.15) is 32.6 Å². The van der Waals surface area contributed by atoms with Crippen LogP contribution < -0.4 is 5.32 Å². The van der Waals surface area contributed by atoms with E-state index in [-0.39, 0.29) is 5.91 Å². The van der Waals surface area contributed by atoms with Gasteiger partial charge in [0.2, 0.25) is 5.91 Å². The molecule has 1 aliphatic carbocycles.